The molecular weight excluding hydrogens is 552 g/mol. The summed E-state index contributed by atoms with van der Waals surface area (Å²) in [4.78, 5) is 0. The lowest BCUT2D eigenvalue weighted by Gasteiger charge is -2.31. The SMILES string of the molecule is Oc1c2c(c(O)n1-c1nnc(-c3ccccc3)o1)C1C=CC2c2c1c(O)n(-c1nnc(-c3ccc(Cl)cc3)o1)c2O. The van der Waals surface area contributed by atoms with Crippen molar-refractivity contribution in [3.8, 4) is 58.5 Å². The van der Waals surface area contributed by atoms with E-state index in [-0.39, 0.29) is 47.3 Å². The summed E-state index contributed by atoms with van der Waals surface area (Å²) in [5.41, 5.74) is 2.60. The van der Waals surface area contributed by atoms with Gasteiger partial charge in [0.05, 0.1) is 0 Å². The second-order valence-electron chi connectivity index (χ2n) is 9.61. The lowest BCUT2D eigenvalue weighted by molar-refractivity contribution is 0.375. The molecule has 0 saturated heterocycles. The summed E-state index contributed by atoms with van der Waals surface area (Å²) in [6, 6.07) is 15.5. The molecule has 9 rings (SSSR count). The predicted octanol–water partition coefficient (Wildman–Crippen LogP) is 4.99. The maximum atomic E-state index is 11.3. The Kier molecular flexibility index (Phi) is 4.71. The third-order valence-electron chi connectivity index (χ3n) is 7.45. The van der Waals surface area contributed by atoms with Crippen molar-refractivity contribution in [2.24, 2.45) is 0 Å². The van der Waals surface area contributed by atoms with E-state index in [1.807, 2.05) is 18.2 Å². The van der Waals surface area contributed by atoms with E-state index >= 15 is 0 Å². The summed E-state index contributed by atoms with van der Waals surface area (Å²) < 4.78 is 13.7. The first kappa shape index (κ1) is 23.4. The molecule has 2 unspecified atom stereocenters. The van der Waals surface area contributed by atoms with Crippen LogP contribution in [0.15, 0.2) is 75.6 Å². The van der Waals surface area contributed by atoms with Crippen LogP contribution in [0.3, 0.4) is 0 Å². The summed E-state index contributed by atoms with van der Waals surface area (Å²) >= 11 is 5.96. The molecule has 4 N–H and O–H groups in total. The fraction of sp³-hybridized carbons (Fsp3) is 0.0714. The van der Waals surface area contributed by atoms with Crippen molar-refractivity contribution in [1.29, 1.82) is 0 Å². The van der Waals surface area contributed by atoms with Crippen LogP contribution in [0.2, 0.25) is 5.02 Å². The quantitative estimate of drug-likeness (QED) is 0.212. The molecule has 0 aliphatic heterocycles. The van der Waals surface area contributed by atoms with Crippen LogP contribution in [-0.4, -0.2) is 50.0 Å². The van der Waals surface area contributed by atoms with Gasteiger partial charge in [-0.15, -0.1) is 10.2 Å². The van der Waals surface area contributed by atoms with Gasteiger partial charge in [-0.05, 0) is 36.4 Å². The Bertz CT molecular complexity index is 1960. The molecule has 2 bridgehead atoms. The Hall–Kier alpha value is -5.49. The van der Waals surface area contributed by atoms with Gasteiger partial charge in [-0.2, -0.15) is 0 Å². The maximum absolute atomic E-state index is 11.3. The van der Waals surface area contributed by atoms with Crippen molar-refractivity contribution < 1.29 is 29.3 Å². The highest BCUT2D eigenvalue weighted by Gasteiger charge is 2.47. The van der Waals surface area contributed by atoms with Crippen LogP contribution >= 0.6 is 11.6 Å². The van der Waals surface area contributed by atoms with E-state index in [0.29, 0.717) is 38.4 Å². The molecular formula is C28H17ClN6O6. The third-order valence-corrected chi connectivity index (χ3v) is 7.71. The zero-order valence-electron chi connectivity index (χ0n) is 20.7. The first-order valence-electron chi connectivity index (χ1n) is 12.4. The molecule has 0 fully saturated rings. The van der Waals surface area contributed by atoms with Crippen LogP contribution in [-0.2, 0) is 0 Å². The summed E-state index contributed by atoms with van der Waals surface area (Å²) in [5.74, 6) is -2.43. The smallest absolute Gasteiger partial charge is 0.332 e. The Morgan fingerprint density at radius 1 is 0.561 bits per heavy atom. The van der Waals surface area contributed by atoms with Gasteiger partial charge < -0.3 is 29.3 Å². The van der Waals surface area contributed by atoms with Gasteiger partial charge in [0.2, 0.25) is 35.3 Å². The van der Waals surface area contributed by atoms with Gasteiger partial charge in [-0.25, -0.2) is 9.13 Å². The largest absolute Gasteiger partial charge is 0.494 e. The summed E-state index contributed by atoms with van der Waals surface area (Å²) in [6.07, 6.45) is 3.55. The van der Waals surface area contributed by atoms with Crippen molar-refractivity contribution >= 4 is 11.6 Å². The Labute approximate surface area is 234 Å². The molecule has 6 aromatic rings. The number of benzene rings is 2. The van der Waals surface area contributed by atoms with Crippen LogP contribution in [0, 0.1) is 0 Å². The van der Waals surface area contributed by atoms with Crippen LogP contribution < -0.4 is 0 Å². The number of halogens is 1. The van der Waals surface area contributed by atoms with Gasteiger partial charge >= 0.3 is 12.0 Å². The lowest BCUT2D eigenvalue weighted by atomic mass is 9.70. The summed E-state index contributed by atoms with van der Waals surface area (Å²) in [6.45, 7) is 0. The van der Waals surface area contributed by atoms with Crippen molar-refractivity contribution in [3.63, 3.8) is 0 Å². The highest BCUT2D eigenvalue weighted by Crippen LogP contribution is 2.61. The standard InChI is InChI=1S/C28H17ClN6O6/c29-14-8-6-13(7-9-14)22-31-33-28(41-22)35-25(38)19-15-10-11-16(20(19)26(35)39)18-17(15)23(36)34(24(18)37)27-32-30-21(40-27)12-4-2-1-3-5-12/h1-11,15-16,36-39H. The van der Waals surface area contributed by atoms with E-state index in [0.717, 1.165) is 9.13 Å². The van der Waals surface area contributed by atoms with Crippen molar-refractivity contribution in [3.05, 3.63) is 94.0 Å². The normalized spacial score (nSPS) is 16.7. The topological polar surface area (TPSA) is 169 Å². The van der Waals surface area contributed by atoms with Gasteiger partial charge in [0.15, 0.2) is 0 Å². The Morgan fingerprint density at radius 2 is 0.976 bits per heavy atom. The number of rotatable bonds is 4. The van der Waals surface area contributed by atoms with Crippen LogP contribution in [0.1, 0.15) is 34.1 Å². The van der Waals surface area contributed by atoms with E-state index in [9.17, 15) is 20.4 Å². The fourth-order valence-electron chi connectivity index (χ4n) is 5.67. The van der Waals surface area contributed by atoms with Crippen molar-refractivity contribution in [1.82, 2.24) is 29.5 Å². The van der Waals surface area contributed by atoms with Crippen LogP contribution in [0.5, 0.6) is 23.5 Å². The molecule has 0 amide bonds. The number of allylic oxidation sites excluding steroid dienone is 2. The second-order valence-corrected chi connectivity index (χ2v) is 10.0. The molecule has 0 spiro atoms. The van der Waals surface area contributed by atoms with Gasteiger partial charge in [-0.1, -0.05) is 52.1 Å². The monoisotopic (exact) mass is 568 g/mol. The van der Waals surface area contributed by atoms with Crippen molar-refractivity contribution in [2.45, 2.75) is 11.8 Å². The molecule has 2 aromatic carbocycles. The number of aromatic nitrogens is 6. The predicted molar refractivity (Wildman–Crippen MR) is 143 cm³/mol. The third kappa shape index (κ3) is 3.16. The maximum Gasteiger partial charge on any atom is 0.332 e. The molecule has 13 heteroatoms. The number of nitrogens with zero attached hydrogens (tertiary/aromatic N) is 6. The number of hydrogen-bond acceptors (Lipinski definition) is 10. The fourth-order valence-corrected chi connectivity index (χ4v) is 5.79. The van der Waals surface area contributed by atoms with E-state index < -0.39 is 11.8 Å². The van der Waals surface area contributed by atoms with Crippen molar-refractivity contribution in [2.75, 3.05) is 0 Å². The summed E-state index contributed by atoms with van der Waals surface area (Å²) in [7, 11) is 0. The number of aromatic hydroxyl groups is 4. The molecule has 3 aliphatic carbocycles. The average molecular weight is 569 g/mol. The molecule has 41 heavy (non-hydrogen) atoms. The Balaban J connectivity index is 1.22. The van der Waals surface area contributed by atoms with E-state index in [1.165, 1.54) is 0 Å². The minimum absolute atomic E-state index is 0.142. The van der Waals surface area contributed by atoms with Gasteiger partial charge in [-0.3, -0.25) is 0 Å². The minimum atomic E-state index is -0.723. The number of hydrogen-bond donors (Lipinski definition) is 4. The molecule has 4 heterocycles. The molecule has 12 nitrogen and oxygen atoms in total. The first-order chi connectivity index (χ1) is 19.9. The highest BCUT2D eigenvalue weighted by atomic mass is 35.5. The zero-order valence-corrected chi connectivity index (χ0v) is 21.4. The molecule has 4 aromatic heterocycles. The van der Waals surface area contributed by atoms with E-state index in [1.54, 1.807) is 48.6 Å². The highest BCUT2D eigenvalue weighted by molar-refractivity contribution is 6.30. The molecule has 0 saturated carbocycles. The lowest BCUT2D eigenvalue weighted by Crippen LogP contribution is -2.17. The Morgan fingerprint density at radius 3 is 1.41 bits per heavy atom. The van der Waals surface area contributed by atoms with Crippen LogP contribution in [0.4, 0.5) is 0 Å². The minimum Gasteiger partial charge on any atom is -0.494 e. The second kappa shape index (κ2) is 8.26. The molecule has 3 aliphatic rings. The van der Waals surface area contributed by atoms with Gasteiger partial charge in [0.1, 0.15) is 0 Å². The summed E-state index contributed by atoms with van der Waals surface area (Å²) in [5, 5.41) is 61.9. The van der Waals surface area contributed by atoms with E-state index in [4.69, 9.17) is 20.4 Å². The molecule has 0 radical (unpaired) electrons. The average Bonchev–Trinajstić information content (AvgIpc) is 3.77. The zero-order chi connectivity index (χ0) is 28.0. The van der Waals surface area contributed by atoms with E-state index in [2.05, 4.69) is 20.4 Å². The molecule has 202 valence electrons. The molecule has 2 atom stereocenters. The van der Waals surface area contributed by atoms with Crippen LogP contribution in [0.25, 0.3) is 34.9 Å². The first-order valence-corrected chi connectivity index (χ1v) is 12.8. The van der Waals surface area contributed by atoms with Gasteiger partial charge in [0.25, 0.3) is 0 Å². The van der Waals surface area contributed by atoms with Gasteiger partial charge in [0, 0.05) is 50.2 Å².